The predicted molar refractivity (Wildman–Crippen MR) is 121 cm³/mol. The van der Waals surface area contributed by atoms with E-state index in [4.69, 9.17) is 0 Å². The molecule has 1 atom stereocenters. The van der Waals surface area contributed by atoms with Gasteiger partial charge in [0.2, 0.25) is 0 Å². The summed E-state index contributed by atoms with van der Waals surface area (Å²) in [6.07, 6.45) is 4.91. The Labute approximate surface area is 172 Å². The van der Waals surface area contributed by atoms with Gasteiger partial charge in [0.05, 0.1) is 0 Å². The molecule has 0 radical (unpaired) electrons. The minimum absolute atomic E-state index is 0.198. The number of piperidine rings is 1. The lowest BCUT2D eigenvalue weighted by Gasteiger charge is -2.38. The van der Waals surface area contributed by atoms with Crippen molar-refractivity contribution in [3.63, 3.8) is 0 Å². The first-order valence-electron chi connectivity index (χ1n) is 11.1. The van der Waals surface area contributed by atoms with E-state index in [-0.39, 0.29) is 5.41 Å². The van der Waals surface area contributed by atoms with Crippen molar-refractivity contribution in [2.45, 2.75) is 70.9 Å². The summed E-state index contributed by atoms with van der Waals surface area (Å²) in [4.78, 5) is 2.67. The lowest BCUT2D eigenvalue weighted by molar-refractivity contribution is 0.151. The van der Waals surface area contributed by atoms with Crippen molar-refractivity contribution >= 4 is 0 Å². The zero-order valence-electron chi connectivity index (χ0n) is 18.2. The third kappa shape index (κ3) is 5.68. The van der Waals surface area contributed by atoms with Crippen LogP contribution >= 0.6 is 0 Å². The number of likely N-dealkylation sites (tertiary alicyclic amines) is 1. The van der Waals surface area contributed by atoms with E-state index in [1.54, 1.807) is 0 Å². The molecule has 2 aromatic rings. The monoisotopic (exact) mass is 378 g/mol. The number of hydrogen-bond donors (Lipinski definition) is 1. The van der Waals surface area contributed by atoms with Gasteiger partial charge in [-0.3, -0.25) is 4.90 Å². The van der Waals surface area contributed by atoms with Crippen LogP contribution in [-0.2, 0) is 11.8 Å². The molecule has 0 saturated carbocycles. The highest BCUT2D eigenvalue weighted by Crippen LogP contribution is 2.33. The molecule has 0 amide bonds. The molecule has 1 saturated heterocycles. The van der Waals surface area contributed by atoms with Crippen LogP contribution in [0.3, 0.4) is 0 Å². The van der Waals surface area contributed by atoms with E-state index in [1.165, 1.54) is 55.5 Å². The van der Waals surface area contributed by atoms with Gasteiger partial charge in [0.1, 0.15) is 0 Å². The van der Waals surface area contributed by atoms with Gasteiger partial charge in [-0.05, 0) is 61.3 Å². The van der Waals surface area contributed by atoms with Crippen LogP contribution in [-0.4, -0.2) is 30.6 Å². The fourth-order valence-electron chi connectivity index (χ4n) is 4.48. The number of benzene rings is 2. The van der Waals surface area contributed by atoms with E-state index in [9.17, 15) is 0 Å². The lowest BCUT2D eigenvalue weighted by atomic mass is 9.81. The molecule has 0 aliphatic carbocycles. The molecule has 1 fully saturated rings. The van der Waals surface area contributed by atoms with Crippen LogP contribution in [0.5, 0.6) is 0 Å². The van der Waals surface area contributed by atoms with Crippen LogP contribution in [0.25, 0.3) is 0 Å². The van der Waals surface area contributed by atoms with E-state index in [2.05, 4.69) is 92.5 Å². The molecule has 152 valence electrons. The molecular weight excluding hydrogens is 340 g/mol. The number of rotatable bonds is 7. The lowest BCUT2D eigenvalue weighted by Crippen LogP contribution is -2.43. The van der Waals surface area contributed by atoms with Crippen LogP contribution in [0.1, 0.15) is 69.7 Å². The molecule has 28 heavy (non-hydrogen) atoms. The fourth-order valence-corrected chi connectivity index (χ4v) is 4.48. The van der Waals surface area contributed by atoms with Gasteiger partial charge in [0.25, 0.3) is 0 Å². The van der Waals surface area contributed by atoms with E-state index in [0.29, 0.717) is 12.1 Å². The summed E-state index contributed by atoms with van der Waals surface area (Å²) in [5.41, 5.74) is 4.64. The Balaban J connectivity index is 1.45. The van der Waals surface area contributed by atoms with Crippen LogP contribution in [0.4, 0.5) is 0 Å². The van der Waals surface area contributed by atoms with Crippen molar-refractivity contribution < 1.29 is 0 Å². The van der Waals surface area contributed by atoms with Crippen LogP contribution in [0.15, 0.2) is 54.6 Å². The summed E-state index contributed by atoms with van der Waals surface area (Å²) in [7, 11) is 0. The molecule has 2 heteroatoms. The van der Waals surface area contributed by atoms with Crippen molar-refractivity contribution in [3.8, 4) is 0 Å². The van der Waals surface area contributed by atoms with Crippen molar-refractivity contribution in [1.29, 1.82) is 0 Å². The minimum atomic E-state index is 0.198. The average molecular weight is 379 g/mol. The Hall–Kier alpha value is -1.64. The topological polar surface area (TPSA) is 15.3 Å². The molecule has 2 aromatic carbocycles. The predicted octanol–water partition coefficient (Wildman–Crippen LogP) is 5.73. The number of nitrogens with zero attached hydrogens (tertiary/aromatic N) is 1. The van der Waals surface area contributed by atoms with E-state index >= 15 is 0 Å². The molecule has 0 aromatic heterocycles. The number of hydrogen-bond acceptors (Lipinski definition) is 2. The summed E-state index contributed by atoms with van der Waals surface area (Å²) in [5, 5.41) is 3.80. The standard InChI is InChI=1S/C26H38N2/c1-21(24-14-8-9-15-25(24)26(2,3)4)28-19-16-23(17-20-28)27-18-10-13-22-11-6-5-7-12-22/h5-9,11-12,14-15,21,23,27H,10,13,16-20H2,1-4H3. The van der Waals surface area contributed by atoms with Gasteiger partial charge >= 0.3 is 0 Å². The summed E-state index contributed by atoms with van der Waals surface area (Å²) in [5.74, 6) is 0. The third-order valence-electron chi connectivity index (χ3n) is 6.21. The summed E-state index contributed by atoms with van der Waals surface area (Å²) in [6, 6.07) is 21.0. The molecule has 1 unspecified atom stereocenters. The molecular formula is C26H38N2. The maximum Gasteiger partial charge on any atom is 0.0322 e. The van der Waals surface area contributed by atoms with Gasteiger partial charge in [0.15, 0.2) is 0 Å². The number of aryl methyl sites for hydroxylation is 1. The zero-order chi connectivity index (χ0) is 20.0. The first kappa shape index (κ1) is 21.1. The number of nitrogens with one attached hydrogen (secondary N) is 1. The molecule has 1 N–H and O–H groups in total. The largest absolute Gasteiger partial charge is 0.314 e. The summed E-state index contributed by atoms with van der Waals surface area (Å²) >= 11 is 0. The van der Waals surface area contributed by atoms with Crippen LogP contribution < -0.4 is 5.32 Å². The maximum absolute atomic E-state index is 3.80. The molecule has 1 aliphatic rings. The second kappa shape index (κ2) is 9.71. The van der Waals surface area contributed by atoms with Crippen molar-refractivity contribution in [1.82, 2.24) is 10.2 Å². The van der Waals surface area contributed by atoms with Gasteiger partial charge in [0, 0.05) is 25.2 Å². The highest BCUT2D eigenvalue weighted by Gasteiger charge is 2.27. The van der Waals surface area contributed by atoms with Gasteiger partial charge < -0.3 is 5.32 Å². The summed E-state index contributed by atoms with van der Waals surface area (Å²) in [6.45, 7) is 12.9. The smallest absolute Gasteiger partial charge is 0.0322 e. The van der Waals surface area contributed by atoms with Gasteiger partial charge in [-0.2, -0.15) is 0 Å². The van der Waals surface area contributed by atoms with E-state index in [0.717, 1.165) is 6.54 Å². The van der Waals surface area contributed by atoms with Gasteiger partial charge in [-0.15, -0.1) is 0 Å². The molecule has 2 nitrogen and oxygen atoms in total. The Kier molecular flexibility index (Phi) is 7.31. The Morgan fingerprint density at radius 2 is 1.61 bits per heavy atom. The van der Waals surface area contributed by atoms with Gasteiger partial charge in [-0.1, -0.05) is 75.4 Å². The second-order valence-corrected chi connectivity index (χ2v) is 9.37. The molecule has 1 aliphatic heterocycles. The van der Waals surface area contributed by atoms with Crippen molar-refractivity contribution in [2.75, 3.05) is 19.6 Å². The third-order valence-corrected chi connectivity index (χ3v) is 6.21. The second-order valence-electron chi connectivity index (χ2n) is 9.37. The molecule has 0 bridgehead atoms. The Morgan fingerprint density at radius 1 is 0.964 bits per heavy atom. The van der Waals surface area contributed by atoms with Crippen LogP contribution in [0.2, 0.25) is 0 Å². The maximum atomic E-state index is 3.80. The van der Waals surface area contributed by atoms with Crippen molar-refractivity contribution in [2.24, 2.45) is 0 Å². The molecule has 3 rings (SSSR count). The zero-order valence-corrected chi connectivity index (χ0v) is 18.2. The quantitative estimate of drug-likeness (QED) is 0.619. The average Bonchev–Trinajstić information content (AvgIpc) is 2.71. The minimum Gasteiger partial charge on any atom is -0.314 e. The summed E-state index contributed by atoms with van der Waals surface area (Å²) < 4.78 is 0. The Morgan fingerprint density at radius 3 is 2.29 bits per heavy atom. The fraction of sp³-hybridized carbons (Fsp3) is 0.538. The Bertz CT molecular complexity index is 709. The van der Waals surface area contributed by atoms with E-state index < -0.39 is 0 Å². The first-order valence-corrected chi connectivity index (χ1v) is 11.1. The van der Waals surface area contributed by atoms with E-state index in [1.807, 2.05) is 0 Å². The van der Waals surface area contributed by atoms with Crippen LogP contribution in [0, 0.1) is 0 Å². The SMILES string of the molecule is CC(c1ccccc1C(C)(C)C)N1CCC(NCCCc2ccccc2)CC1. The van der Waals surface area contributed by atoms with Crippen molar-refractivity contribution in [3.05, 3.63) is 71.3 Å². The molecule has 0 spiro atoms. The normalized spacial score (nSPS) is 17.6. The van der Waals surface area contributed by atoms with Gasteiger partial charge in [-0.25, -0.2) is 0 Å². The molecule has 1 heterocycles. The first-order chi connectivity index (χ1) is 13.4. The highest BCUT2D eigenvalue weighted by atomic mass is 15.2. The highest BCUT2D eigenvalue weighted by molar-refractivity contribution is 5.35.